The monoisotopic (exact) mass is 1540 g/mol. The van der Waals surface area contributed by atoms with Crippen LogP contribution in [0.4, 0.5) is 0 Å². The zero-order valence-corrected chi connectivity index (χ0v) is 72.8. The Balaban J connectivity index is 1.04. The number of aromatic amines is 4. The average molecular weight is 1550 g/mol. The van der Waals surface area contributed by atoms with Gasteiger partial charge in [-0.1, -0.05) is 119 Å². The topological polar surface area (TPSA) is 152 Å². The van der Waals surface area contributed by atoms with Crippen molar-refractivity contribution in [1.29, 1.82) is 0 Å². The second kappa shape index (κ2) is 33.8. The van der Waals surface area contributed by atoms with Gasteiger partial charge >= 0.3 is 0 Å². The predicted octanol–water partition coefficient (Wildman–Crippen LogP) is 27.0. The smallest absolute Gasteiger partial charge is 0.126 e. The summed E-state index contributed by atoms with van der Waals surface area (Å²) in [5.74, 6) is 3.55. The minimum atomic E-state index is 0.515. The molecular formula is C104H120N8O4. The summed E-state index contributed by atoms with van der Waals surface area (Å²) in [6.45, 7) is 47.4. The van der Waals surface area contributed by atoms with Crippen molar-refractivity contribution in [2.24, 2.45) is 0 Å². The van der Waals surface area contributed by atoms with Crippen molar-refractivity contribution in [3.63, 3.8) is 0 Å². The Morgan fingerprint density at radius 1 is 0.276 bits per heavy atom. The van der Waals surface area contributed by atoms with Crippen LogP contribution in [0.3, 0.4) is 0 Å². The summed E-state index contributed by atoms with van der Waals surface area (Å²) in [6.07, 6.45) is 12.2. The van der Waals surface area contributed by atoms with E-state index in [4.69, 9.17) is 38.9 Å². The Labute approximate surface area is 688 Å². The molecule has 0 radical (unpaired) electrons. The first kappa shape index (κ1) is 80.5. The van der Waals surface area contributed by atoms with Gasteiger partial charge in [-0.2, -0.15) is 0 Å². The average Bonchev–Trinajstić information content (AvgIpc) is 1.56. The van der Waals surface area contributed by atoms with Crippen LogP contribution in [-0.2, 0) is 51.4 Å². The molecule has 10 heterocycles. The lowest BCUT2D eigenvalue weighted by Crippen LogP contribution is -2.10. The van der Waals surface area contributed by atoms with Gasteiger partial charge in [0.1, 0.15) is 23.0 Å². The minimum absolute atomic E-state index is 0.515. The molecule has 5 aliphatic rings. The van der Waals surface area contributed by atoms with Crippen molar-refractivity contribution >= 4 is 88.7 Å². The molecule has 0 amide bonds. The number of aromatic nitrogens is 8. The molecule has 0 fully saturated rings. The number of rotatable bonds is 22. The van der Waals surface area contributed by atoms with Gasteiger partial charge in [-0.25, -0.2) is 19.9 Å². The summed E-state index contributed by atoms with van der Waals surface area (Å²) < 4.78 is 29.5. The molecule has 12 nitrogen and oxygen atoms in total. The number of nitrogens with one attached hydrogen (secondary N) is 4. The lowest BCUT2D eigenvalue weighted by Gasteiger charge is -2.24. The molecule has 600 valence electrons. The van der Waals surface area contributed by atoms with Crippen molar-refractivity contribution in [3.8, 4) is 45.3 Å². The highest BCUT2D eigenvalue weighted by Crippen LogP contribution is 2.49. The zero-order valence-electron chi connectivity index (χ0n) is 72.8. The van der Waals surface area contributed by atoms with E-state index in [0.29, 0.717) is 52.1 Å². The van der Waals surface area contributed by atoms with Crippen LogP contribution in [0, 0.1) is 27.7 Å². The third kappa shape index (κ3) is 14.5. The lowest BCUT2D eigenvalue weighted by molar-refractivity contribution is 0.304. The van der Waals surface area contributed by atoms with Crippen LogP contribution in [-0.4, -0.2) is 66.3 Å². The number of ether oxygens (including phenoxy) is 4. The first-order chi connectivity index (χ1) is 56.3. The fraction of sp³-hybridized carbons (Fsp3) is 0.385. The number of aryl methyl sites for hydroxylation is 8. The molecule has 116 heavy (non-hydrogen) atoms. The van der Waals surface area contributed by atoms with Crippen LogP contribution in [0.5, 0.6) is 23.0 Å². The number of nitrogens with zero attached hydrogens (tertiary/aromatic N) is 4. The van der Waals surface area contributed by atoms with Crippen LogP contribution in [0.1, 0.15) is 297 Å². The summed E-state index contributed by atoms with van der Waals surface area (Å²) in [7, 11) is 0. The number of hydrogen-bond acceptors (Lipinski definition) is 8. The molecule has 10 aromatic rings. The highest BCUT2D eigenvalue weighted by Gasteiger charge is 2.31. The summed E-state index contributed by atoms with van der Waals surface area (Å²) in [5.41, 5.74) is 49.1. The molecule has 4 aliphatic heterocycles. The van der Waals surface area contributed by atoms with Gasteiger partial charge in [0.25, 0.3) is 0 Å². The van der Waals surface area contributed by atoms with E-state index in [1.165, 1.54) is 89.1 Å². The fourth-order valence-corrected chi connectivity index (χ4v) is 19.4. The van der Waals surface area contributed by atoms with Crippen LogP contribution >= 0.6 is 0 Å². The van der Waals surface area contributed by atoms with E-state index < -0.39 is 0 Å². The molecule has 12 heteroatoms. The maximum atomic E-state index is 7.37. The highest BCUT2D eigenvalue weighted by molar-refractivity contribution is 6.04. The SMILES string of the molecule is CCCOc1c2cccc1Cc1cc(-c3c4nc(cc5[nH]c(cc6nc(cc7[nH]c3c(C)c7CC)C(C)=C6CC)c(CC)c5C)C(CC)=C4C)cc(c1OCCC)Cc1cccc(c1OCCC)Cc1cc(-c3c4nc(cc5[nH]c(cc6nc(cc7[nH]c3c(C)c7CC)C(C)=C6CC)c(CC)c5C)C(CC)=C4C)cc(c1OCCC)C2. The molecule has 15 rings (SSSR count). The van der Waals surface area contributed by atoms with Gasteiger partial charge in [0.15, 0.2) is 0 Å². The van der Waals surface area contributed by atoms with Crippen LogP contribution < -0.4 is 18.9 Å². The third-order valence-corrected chi connectivity index (χ3v) is 25.4. The van der Waals surface area contributed by atoms with Gasteiger partial charge in [-0.3, -0.25) is 0 Å². The first-order valence-electron chi connectivity index (χ1n) is 43.7. The summed E-state index contributed by atoms with van der Waals surface area (Å²) >= 11 is 0. The maximum Gasteiger partial charge on any atom is 0.126 e. The normalized spacial score (nSPS) is 13.6. The standard InChI is InChI=1S/C104H120N8O4/c1-21-39-113-101-65-35-33-36-66(101)44-72-48-70(96-99-63(19)81(31-11)93(111-99)53-85-59(15)77(27-7)89(107-85)56-90-78(28-8)60(16)86(108-90)54-94-82(32-12)64(20)100(96)112-94)50-74(104(72)116-42-24-4)46-68-38-34-37-67(102(68)114-40-22-2)45-73-49-69(47-71(43-65)103(73)115-41-23-3)95-97-61(17)79(29-9)91(109-97)51-83-57(13)75(25-5)87(105-83)55-88-76(26-6)58(14)84(106-88)52-92-80(30-10)62(18)98(95)110-92/h33-38,47-56,105,107,110,112H,21-32,39-46H2,1-20H3. The quantitative estimate of drug-likeness (QED) is 0.0524. The maximum absolute atomic E-state index is 7.37. The van der Waals surface area contributed by atoms with E-state index in [0.717, 1.165) is 256 Å². The van der Waals surface area contributed by atoms with E-state index >= 15 is 0 Å². The van der Waals surface area contributed by atoms with Crippen molar-refractivity contribution < 1.29 is 18.9 Å². The van der Waals surface area contributed by atoms with E-state index in [2.05, 4.69) is 255 Å². The second-order valence-corrected chi connectivity index (χ2v) is 32.6. The van der Waals surface area contributed by atoms with Crippen molar-refractivity contribution in [2.75, 3.05) is 26.4 Å². The largest absolute Gasteiger partial charge is 0.493 e. The van der Waals surface area contributed by atoms with Crippen molar-refractivity contribution in [2.45, 2.75) is 241 Å². The lowest BCUT2D eigenvalue weighted by atomic mass is 9.87. The van der Waals surface area contributed by atoms with Crippen LogP contribution in [0.15, 0.2) is 97.1 Å². The molecule has 6 aromatic heterocycles. The van der Waals surface area contributed by atoms with E-state index in [1.807, 2.05) is 0 Å². The molecule has 4 aromatic carbocycles. The Morgan fingerprint density at radius 3 is 0.845 bits per heavy atom. The molecule has 0 unspecified atom stereocenters. The number of fused-ring (bicyclic) bond motifs is 24. The Kier molecular flexibility index (Phi) is 23.5. The van der Waals surface area contributed by atoms with Gasteiger partial charge in [0.2, 0.25) is 0 Å². The molecule has 0 saturated carbocycles. The number of allylic oxidation sites excluding steroid dienone is 8. The number of H-pyrrole nitrogens is 4. The highest BCUT2D eigenvalue weighted by atomic mass is 16.5. The first-order valence-corrected chi connectivity index (χ1v) is 43.7. The molecule has 0 saturated heterocycles. The van der Waals surface area contributed by atoms with Crippen LogP contribution in [0.25, 0.3) is 111 Å². The van der Waals surface area contributed by atoms with E-state index in [1.54, 1.807) is 0 Å². The van der Waals surface area contributed by atoms with Crippen molar-refractivity contribution in [1.82, 2.24) is 39.9 Å². The van der Waals surface area contributed by atoms with Gasteiger partial charge in [0.05, 0.1) is 83.0 Å². The van der Waals surface area contributed by atoms with Gasteiger partial charge in [0, 0.05) is 69.9 Å². The minimum Gasteiger partial charge on any atom is -0.493 e. The van der Waals surface area contributed by atoms with Gasteiger partial charge < -0.3 is 38.9 Å². The van der Waals surface area contributed by atoms with Gasteiger partial charge in [-0.15, -0.1) is 0 Å². The molecule has 1 aliphatic carbocycles. The van der Waals surface area contributed by atoms with E-state index in [9.17, 15) is 0 Å². The van der Waals surface area contributed by atoms with E-state index in [-0.39, 0.29) is 0 Å². The third-order valence-electron chi connectivity index (χ3n) is 25.4. The molecule has 0 spiro atoms. The number of para-hydroxylation sites is 2. The molecular weight excluding hydrogens is 1430 g/mol. The van der Waals surface area contributed by atoms with Crippen molar-refractivity contribution in [3.05, 3.63) is 232 Å². The number of hydrogen-bond donors (Lipinski definition) is 4. The van der Waals surface area contributed by atoms with Gasteiger partial charge in [-0.05, 0) is 338 Å². The molecule has 0 atom stereocenters. The Hall–Kier alpha value is -10.7. The number of benzene rings is 4. The molecule has 24 bridgehead atoms. The van der Waals surface area contributed by atoms with Crippen LogP contribution in [0.2, 0.25) is 0 Å². The fourth-order valence-electron chi connectivity index (χ4n) is 19.4. The second-order valence-electron chi connectivity index (χ2n) is 32.6. The summed E-state index contributed by atoms with van der Waals surface area (Å²) in [5, 5.41) is 0. The summed E-state index contributed by atoms with van der Waals surface area (Å²) in [6, 6.07) is 37.2. The Bertz CT molecular complexity index is 5650. The predicted molar refractivity (Wildman–Crippen MR) is 488 cm³/mol. The Morgan fingerprint density at radius 2 is 0.543 bits per heavy atom. The summed E-state index contributed by atoms with van der Waals surface area (Å²) in [4.78, 5) is 39.1. The zero-order chi connectivity index (χ0) is 81.7. The molecule has 4 N–H and O–H groups in total.